The Labute approximate surface area is 158 Å². The lowest BCUT2D eigenvalue weighted by molar-refractivity contribution is -0.147. The van der Waals surface area contributed by atoms with Gasteiger partial charge in [-0.2, -0.15) is 23.0 Å². The zero-order valence-electron chi connectivity index (χ0n) is 15.1. The molecule has 0 bridgehead atoms. The first-order valence-electron chi connectivity index (χ1n) is 8.39. The number of carbonyl (C=O) groups is 2. The van der Waals surface area contributed by atoms with Gasteiger partial charge in [0.1, 0.15) is 5.82 Å². The molecule has 3 rings (SSSR count). The number of urea groups is 1. The van der Waals surface area contributed by atoms with Crippen molar-refractivity contribution in [3.8, 4) is 5.82 Å². The van der Waals surface area contributed by atoms with E-state index in [1.54, 1.807) is 19.9 Å². The van der Waals surface area contributed by atoms with Crippen LogP contribution in [0.2, 0.25) is 0 Å². The van der Waals surface area contributed by atoms with Gasteiger partial charge < -0.3 is 10.0 Å². The fraction of sp³-hybridized carbons (Fsp3) is 0.412. The fourth-order valence-electron chi connectivity index (χ4n) is 2.94. The van der Waals surface area contributed by atoms with Crippen molar-refractivity contribution in [1.29, 1.82) is 0 Å². The van der Waals surface area contributed by atoms with E-state index in [1.807, 2.05) is 0 Å². The smallest absolute Gasteiger partial charge is 0.417 e. The Hall–Kier alpha value is -3.11. The molecule has 150 valence electrons. The zero-order chi connectivity index (χ0) is 20.7. The summed E-state index contributed by atoms with van der Waals surface area (Å²) in [4.78, 5) is 29.0. The minimum absolute atomic E-state index is 0.0554. The van der Waals surface area contributed by atoms with Crippen LogP contribution < -0.4 is 5.32 Å². The number of aryl methyl sites for hydroxylation is 1. The number of nitrogens with one attached hydrogen (secondary N) is 1. The molecule has 2 aromatic heterocycles. The van der Waals surface area contributed by atoms with Gasteiger partial charge in [-0.1, -0.05) is 0 Å². The molecule has 3 heterocycles. The number of carboxylic acid groups (broad SMARTS) is 1. The number of carboxylic acids is 1. The van der Waals surface area contributed by atoms with Crippen LogP contribution in [0.5, 0.6) is 0 Å². The van der Waals surface area contributed by atoms with Crippen molar-refractivity contribution in [3.63, 3.8) is 0 Å². The molecule has 0 aliphatic carbocycles. The SMILES string of the molecule is Cc1cc(NC(=O)N2CCC(C)(C(=O)O)C2)n(-c2ccc(C(F)(F)F)cn2)n1. The fourth-order valence-corrected chi connectivity index (χ4v) is 2.94. The first-order chi connectivity index (χ1) is 13.0. The molecule has 8 nitrogen and oxygen atoms in total. The first-order valence-corrected chi connectivity index (χ1v) is 8.39. The zero-order valence-corrected chi connectivity index (χ0v) is 15.1. The summed E-state index contributed by atoms with van der Waals surface area (Å²) in [7, 11) is 0. The minimum atomic E-state index is -4.50. The van der Waals surface area contributed by atoms with Gasteiger partial charge in [0, 0.05) is 25.4 Å². The van der Waals surface area contributed by atoms with E-state index in [1.165, 1.54) is 9.58 Å². The maximum Gasteiger partial charge on any atom is 0.417 e. The van der Waals surface area contributed by atoms with Crippen LogP contribution in [0.25, 0.3) is 5.82 Å². The lowest BCUT2D eigenvalue weighted by Gasteiger charge is -2.20. The summed E-state index contributed by atoms with van der Waals surface area (Å²) in [6.45, 7) is 3.57. The van der Waals surface area contributed by atoms with E-state index < -0.39 is 29.2 Å². The number of alkyl halides is 3. The van der Waals surface area contributed by atoms with Crippen molar-refractivity contribution in [1.82, 2.24) is 19.7 Å². The molecule has 1 saturated heterocycles. The van der Waals surface area contributed by atoms with Crippen LogP contribution in [-0.2, 0) is 11.0 Å². The Kier molecular flexibility index (Phi) is 4.77. The predicted octanol–water partition coefficient (Wildman–Crippen LogP) is 2.92. The summed E-state index contributed by atoms with van der Waals surface area (Å²) in [5.41, 5.74) is -1.38. The van der Waals surface area contributed by atoms with Crippen molar-refractivity contribution >= 4 is 17.8 Å². The molecule has 0 aromatic carbocycles. The Bertz CT molecular complexity index is 910. The maximum absolute atomic E-state index is 12.7. The molecule has 1 aliphatic rings. The second-order valence-corrected chi connectivity index (χ2v) is 6.95. The number of pyridine rings is 1. The summed E-state index contributed by atoms with van der Waals surface area (Å²) < 4.78 is 39.3. The number of hydrogen-bond donors (Lipinski definition) is 2. The van der Waals surface area contributed by atoms with Gasteiger partial charge in [0.05, 0.1) is 16.7 Å². The standard InChI is InChI=1S/C17H18F3N5O3/c1-10-7-13(22-15(28)24-6-5-16(2,9-24)14(26)27)25(23-10)12-4-3-11(8-21-12)17(18,19)20/h3-4,7-8H,5-6,9H2,1-2H3,(H,22,28)(H,26,27). The molecule has 0 radical (unpaired) electrons. The molecule has 1 unspecified atom stereocenters. The molecule has 2 amide bonds. The molecule has 28 heavy (non-hydrogen) atoms. The van der Waals surface area contributed by atoms with Gasteiger partial charge in [-0.3, -0.25) is 10.1 Å². The quantitative estimate of drug-likeness (QED) is 0.830. The second-order valence-electron chi connectivity index (χ2n) is 6.95. The Morgan fingerprint density at radius 2 is 2.04 bits per heavy atom. The van der Waals surface area contributed by atoms with Crippen LogP contribution in [0, 0.1) is 12.3 Å². The number of hydrogen-bond acceptors (Lipinski definition) is 4. The van der Waals surface area contributed by atoms with Gasteiger partial charge in [0.25, 0.3) is 0 Å². The number of likely N-dealkylation sites (tertiary alicyclic amines) is 1. The summed E-state index contributed by atoms with van der Waals surface area (Å²) >= 11 is 0. The summed E-state index contributed by atoms with van der Waals surface area (Å²) in [5, 5.41) is 16.1. The molecule has 11 heteroatoms. The van der Waals surface area contributed by atoms with Gasteiger partial charge in [-0.05, 0) is 32.4 Å². The minimum Gasteiger partial charge on any atom is -0.481 e. The van der Waals surface area contributed by atoms with Crippen molar-refractivity contribution in [2.45, 2.75) is 26.4 Å². The molecular weight excluding hydrogens is 379 g/mol. The average molecular weight is 397 g/mol. The van der Waals surface area contributed by atoms with Gasteiger partial charge in [-0.25, -0.2) is 9.78 Å². The number of amides is 2. The van der Waals surface area contributed by atoms with Gasteiger partial charge >= 0.3 is 18.2 Å². The lowest BCUT2D eigenvalue weighted by atomic mass is 9.90. The number of carbonyl (C=O) groups excluding carboxylic acids is 1. The van der Waals surface area contributed by atoms with Crippen LogP contribution in [0.3, 0.4) is 0 Å². The van der Waals surface area contributed by atoms with Crippen LogP contribution >= 0.6 is 0 Å². The third kappa shape index (κ3) is 3.78. The number of anilines is 1. The molecule has 1 fully saturated rings. The topological polar surface area (TPSA) is 100 Å². The Balaban J connectivity index is 1.80. The highest BCUT2D eigenvalue weighted by atomic mass is 19.4. The highest BCUT2D eigenvalue weighted by molar-refractivity contribution is 5.90. The third-order valence-corrected chi connectivity index (χ3v) is 4.64. The van der Waals surface area contributed by atoms with Crippen molar-refractivity contribution in [2.75, 3.05) is 18.4 Å². The van der Waals surface area contributed by atoms with Crippen LogP contribution in [-0.4, -0.2) is 49.9 Å². The molecule has 2 aromatic rings. The lowest BCUT2D eigenvalue weighted by Crippen LogP contribution is -2.37. The third-order valence-electron chi connectivity index (χ3n) is 4.64. The first kappa shape index (κ1) is 19.6. The molecule has 1 aliphatic heterocycles. The average Bonchev–Trinajstić information content (AvgIpc) is 3.18. The van der Waals surface area contributed by atoms with Crippen molar-refractivity contribution < 1.29 is 27.9 Å². The number of halogens is 3. The number of nitrogens with zero attached hydrogens (tertiary/aromatic N) is 4. The van der Waals surface area contributed by atoms with Crippen LogP contribution in [0.15, 0.2) is 24.4 Å². The molecule has 0 saturated carbocycles. The van der Waals surface area contributed by atoms with E-state index in [-0.39, 0.29) is 24.7 Å². The second kappa shape index (κ2) is 6.80. The molecule has 1 atom stereocenters. The summed E-state index contributed by atoms with van der Waals surface area (Å²) in [6.07, 6.45) is -3.49. The molecular formula is C17H18F3N5O3. The normalized spacial score (nSPS) is 19.7. The van der Waals surface area contributed by atoms with E-state index in [0.717, 1.165) is 12.1 Å². The van der Waals surface area contributed by atoms with E-state index in [0.29, 0.717) is 18.3 Å². The van der Waals surface area contributed by atoms with E-state index in [2.05, 4.69) is 15.4 Å². The monoisotopic (exact) mass is 397 g/mol. The Morgan fingerprint density at radius 1 is 1.32 bits per heavy atom. The van der Waals surface area contributed by atoms with Gasteiger partial charge in [0.15, 0.2) is 5.82 Å². The van der Waals surface area contributed by atoms with Crippen molar-refractivity contribution in [3.05, 3.63) is 35.7 Å². The van der Waals surface area contributed by atoms with Crippen molar-refractivity contribution in [2.24, 2.45) is 5.41 Å². The highest BCUT2D eigenvalue weighted by Crippen LogP contribution is 2.31. The van der Waals surface area contributed by atoms with Crippen LogP contribution in [0.1, 0.15) is 24.6 Å². The summed E-state index contributed by atoms with van der Waals surface area (Å²) in [6, 6.07) is 3.06. The number of aliphatic carboxylic acids is 1. The van der Waals surface area contributed by atoms with Gasteiger partial charge in [-0.15, -0.1) is 0 Å². The largest absolute Gasteiger partial charge is 0.481 e. The highest BCUT2D eigenvalue weighted by Gasteiger charge is 2.42. The maximum atomic E-state index is 12.7. The number of aromatic nitrogens is 3. The van der Waals surface area contributed by atoms with E-state index in [9.17, 15) is 27.9 Å². The summed E-state index contributed by atoms with van der Waals surface area (Å²) in [5.74, 6) is -0.649. The predicted molar refractivity (Wildman–Crippen MR) is 92.0 cm³/mol. The molecule has 2 N–H and O–H groups in total. The van der Waals surface area contributed by atoms with Gasteiger partial charge in [0.2, 0.25) is 0 Å². The number of rotatable bonds is 3. The molecule has 0 spiro atoms. The van der Waals surface area contributed by atoms with Crippen LogP contribution in [0.4, 0.5) is 23.8 Å². The van der Waals surface area contributed by atoms with E-state index >= 15 is 0 Å². The van der Waals surface area contributed by atoms with E-state index in [4.69, 9.17) is 0 Å². The Morgan fingerprint density at radius 3 is 2.57 bits per heavy atom.